The van der Waals surface area contributed by atoms with Crippen molar-refractivity contribution in [1.29, 1.82) is 0 Å². The molecule has 10 heavy (non-hydrogen) atoms. The number of hydrogen-bond donors (Lipinski definition) is 2. The summed E-state index contributed by atoms with van der Waals surface area (Å²) in [4.78, 5) is 23.3. The second-order valence-electron chi connectivity index (χ2n) is 1.70. The maximum Gasteiger partial charge on any atom is 0.321 e. The highest BCUT2D eigenvalue weighted by Gasteiger charge is 2.14. The van der Waals surface area contributed by atoms with Crippen molar-refractivity contribution in [3.63, 3.8) is 0 Å². The van der Waals surface area contributed by atoms with Crippen molar-refractivity contribution in [2.45, 2.75) is 12.5 Å². The SMILES string of the molecule is C=NC(=O)CC(N)C(=O)O. The highest BCUT2D eigenvalue weighted by molar-refractivity contribution is 5.86. The van der Waals surface area contributed by atoms with Crippen LogP contribution in [-0.2, 0) is 9.59 Å². The number of amides is 1. The topological polar surface area (TPSA) is 92.8 Å². The molecule has 0 bridgehead atoms. The van der Waals surface area contributed by atoms with Crippen LogP contribution in [0.25, 0.3) is 0 Å². The van der Waals surface area contributed by atoms with Gasteiger partial charge in [0.25, 0.3) is 0 Å². The van der Waals surface area contributed by atoms with Crippen molar-refractivity contribution in [1.82, 2.24) is 0 Å². The Kier molecular flexibility index (Phi) is 3.27. The van der Waals surface area contributed by atoms with Gasteiger partial charge in [-0.05, 0) is 6.72 Å². The Bertz CT molecular complexity index is 166. The third kappa shape index (κ3) is 2.93. The average molecular weight is 144 g/mol. The maximum atomic E-state index is 10.4. The fourth-order valence-electron chi connectivity index (χ4n) is 0.340. The number of nitrogens with two attached hydrogens (primary N) is 1. The normalized spacial score (nSPS) is 12.1. The smallest absolute Gasteiger partial charge is 0.321 e. The monoisotopic (exact) mass is 144 g/mol. The van der Waals surface area contributed by atoms with E-state index in [-0.39, 0.29) is 6.42 Å². The van der Waals surface area contributed by atoms with Gasteiger partial charge in [-0.25, -0.2) is 4.99 Å². The fraction of sp³-hybridized carbons (Fsp3) is 0.400. The van der Waals surface area contributed by atoms with E-state index >= 15 is 0 Å². The average Bonchev–Trinajstić information content (AvgIpc) is 1.87. The Morgan fingerprint density at radius 3 is 2.50 bits per heavy atom. The summed E-state index contributed by atoms with van der Waals surface area (Å²) in [5, 5.41) is 8.19. The molecular formula is C5H8N2O3. The Morgan fingerprint density at radius 1 is 1.70 bits per heavy atom. The first-order chi connectivity index (χ1) is 4.57. The first-order valence-corrected chi connectivity index (χ1v) is 2.56. The third-order valence-electron chi connectivity index (χ3n) is 0.888. The van der Waals surface area contributed by atoms with Crippen LogP contribution in [0.3, 0.4) is 0 Å². The molecule has 0 aromatic rings. The number of hydrogen-bond acceptors (Lipinski definition) is 3. The first kappa shape index (κ1) is 8.77. The van der Waals surface area contributed by atoms with Crippen LogP contribution in [0.1, 0.15) is 6.42 Å². The standard InChI is InChI=1S/C5H8N2O3/c1-7-4(8)2-3(6)5(9)10/h3H,1-2,6H2,(H,9,10). The Labute approximate surface area is 57.6 Å². The van der Waals surface area contributed by atoms with Crippen LogP contribution in [0.15, 0.2) is 4.99 Å². The van der Waals surface area contributed by atoms with E-state index in [1.807, 2.05) is 0 Å². The molecule has 5 nitrogen and oxygen atoms in total. The molecule has 0 aliphatic heterocycles. The molecule has 5 heteroatoms. The van der Waals surface area contributed by atoms with Crippen LogP contribution in [0, 0.1) is 0 Å². The number of carboxylic acid groups (broad SMARTS) is 1. The third-order valence-corrected chi connectivity index (χ3v) is 0.888. The van der Waals surface area contributed by atoms with Gasteiger partial charge in [0.2, 0.25) is 5.91 Å². The molecule has 1 amide bonds. The molecule has 56 valence electrons. The zero-order chi connectivity index (χ0) is 8.15. The van der Waals surface area contributed by atoms with Crippen LogP contribution in [0.2, 0.25) is 0 Å². The lowest BCUT2D eigenvalue weighted by Crippen LogP contribution is -2.32. The molecule has 0 aromatic heterocycles. The summed E-state index contributed by atoms with van der Waals surface area (Å²) in [6.07, 6.45) is -0.293. The van der Waals surface area contributed by atoms with Gasteiger partial charge >= 0.3 is 5.97 Å². The molecule has 0 aliphatic carbocycles. The summed E-state index contributed by atoms with van der Waals surface area (Å²) in [5.74, 6) is -1.81. The number of rotatable bonds is 3. The predicted molar refractivity (Wildman–Crippen MR) is 34.8 cm³/mol. The fourth-order valence-corrected chi connectivity index (χ4v) is 0.340. The van der Waals surface area contributed by atoms with Gasteiger partial charge in [-0.1, -0.05) is 0 Å². The number of aliphatic carboxylic acids is 1. The Hall–Kier alpha value is -1.23. The molecule has 3 N–H and O–H groups in total. The summed E-state index contributed by atoms with van der Waals surface area (Å²) in [6, 6.07) is -1.17. The lowest BCUT2D eigenvalue weighted by molar-refractivity contribution is -0.140. The second-order valence-corrected chi connectivity index (χ2v) is 1.70. The molecule has 0 radical (unpaired) electrons. The van der Waals surface area contributed by atoms with E-state index in [1.54, 1.807) is 0 Å². The van der Waals surface area contributed by atoms with E-state index in [9.17, 15) is 9.59 Å². The molecule has 0 heterocycles. The van der Waals surface area contributed by atoms with Crippen molar-refractivity contribution in [3.05, 3.63) is 0 Å². The number of aliphatic imine (C=N–C) groups is 1. The van der Waals surface area contributed by atoms with E-state index in [4.69, 9.17) is 10.8 Å². The molecule has 1 atom stereocenters. The molecule has 0 aromatic carbocycles. The van der Waals surface area contributed by atoms with Gasteiger partial charge in [-0.15, -0.1) is 0 Å². The zero-order valence-electron chi connectivity index (χ0n) is 5.28. The van der Waals surface area contributed by atoms with Crippen LogP contribution in [0.4, 0.5) is 0 Å². The van der Waals surface area contributed by atoms with E-state index in [2.05, 4.69) is 11.7 Å². The summed E-state index contributed by atoms with van der Waals surface area (Å²) in [5.41, 5.74) is 4.98. The van der Waals surface area contributed by atoms with Gasteiger partial charge < -0.3 is 10.8 Å². The quantitative estimate of drug-likeness (QED) is 0.497. The van der Waals surface area contributed by atoms with Crippen LogP contribution in [-0.4, -0.2) is 29.7 Å². The molecule has 0 saturated carbocycles. The van der Waals surface area contributed by atoms with Crippen molar-refractivity contribution in [3.8, 4) is 0 Å². The lowest BCUT2D eigenvalue weighted by atomic mass is 10.2. The van der Waals surface area contributed by atoms with Gasteiger partial charge in [-0.2, -0.15) is 0 Å². The summed E-state index contributed by atoms with van der Waals surface area (Å²) < 4.78 is 0. The van der Waals surface area contributed by atoms with Crippen molar-refractivity contribution >= 4 is 18.6 Å². The molecular weight excluding hydrogens is 136 g/mol. The zero-order valence-corrected chi connectivity index (χ0v) is 5.28. The van der Waals surface area contributed by atoms with Crippen LogP contribution in [0.5, 0.6) is 0 Å². The largest absolute Gasteiger partial charge is 0.480 e. The number of carbonyl (C=O) groups is 2. The molecule has 0 rings (SSSR count). The van der Waals surface area contributed by atoms with Gasteiger partial charge in [0.05, 0.1) is 6.42 Å². The molecule has 0 fully saturated rings. The highest BCUT2D eigenvalue weighted by Crippen LogP contribution is 1.89. The maximum absolute atomic E-state index is 10.4. The minimum Gasteiger partial charge on any atom is -0.480 e. The summed E-state index contributed by atoms with van der Waals surface area (Å²) in [7, 11) is 0. The van der Waals surface area contributed by atoms with Crippen LogP contribution < -0.4 is 5.73 Å². The van der Waals surface area contributed by atoms with E-state index in [0.717, 1.165) is 0 Å². The summed E-state index contributed by atoms with van der Waals surface area (Å²) in [6.45, 7) is 2.92. The van der Waals surface area contributed by atoms with E-state index in [1.165, 1.54) is 0 Å². The van der Waals surface area contributed by atoms with E-state index < -0.39 is 17.9 Å². The summed E-state index contributed by atoms with van der Waals surface area (Å²) >= 11 is 0. The number of nitrogens with zero attached hydrogens (tertiary/aromatic N) is 1. The number of carboxylic acids is 1. The van der Waals surface area contributed by atoms with E-state index in [0.29, 0.717) is 0 Å². The predicted octanol–water partition coefficient (Wildman–Crippen LogP) is -0.984. The highest BCUT2D eigenvalue weighted by atomic mass is 16.4. The van der Waals surface area contributed by atoms with Gasteiger partial charge in [0.1, 0.15) is 6.04 Å². The molecule has 1 unspecified atom stereocenters. The molecule has 0 aliphatic rings. The Balaban J connectivity index is 3.79. The minimum atomic E-state index is -1.21. The van der Waals surface area contributed by atoms with Crippen molar-refractivity contribution in [2.75, 3.05) is 0 Å². The minimum absolute atomic E-state index is 0.293. The van der Waals surface area contributed by atoms with Crippen molar-refractivity contribution < 1.29 is 14.7 Å². The lowest BCUT2D eigenvalue weighted by Gasteiger charge is -2.00. The van der Waals surface area contributed by atoms with Gasteiger partial charge in [0, 0.05) is 0 Å². The molecule has 0 spiro atoms. The Morgan fingerprint density at radius 2 is 2.20 bits per heavy atom. The first-order valence-electron chi connectivity index (χ1n) is 2.56. The van der Waals surface area contributed by atoms with Gasteiger partial charge in [-0.3, -0.25) is 9.59 Å². The molecule has 0 saturated heterocycles. The number of carbonyl (C=O) groups excluding carboxylic acids is 1. The second kappa shape index (κ2) is 3.73. The van der Waals surface area contributed by atoms with Gasteiger partial charge in [0.15, 0.2) is 0 Å². The van der Waals surface area contributed by atoms with Crippen molar-refractivity contribution in [2.24, 2.45) is 10.7 Å². The van der Waals surface area contributed by atoms with Crippen LogP contribution >= 0.6 is 0 Å².